The molecule has 132 valence electrons. The number of carbonyl (C=O) groups excluding carboxylic acids is 3. The molecule has 0 spiro atoms. The number of aryl methyl sites for hydroxylation is 1. The van der Waals surface area contributed by atoms with Gasteiger partial charge in [0.1, 0.15) is 10.3 Å². The van der Waals surface area contributed by atoms with Crippen LogP contribution >= 0.6 is 23.1 Å². The van der Waals surface area contributed by atoms with Crippen LogP contribution in [0.25, 0.3) is 0 Å². The second-order valence-corrected chi connectivity index (χ2v) is 8.34. The van der Waals surface area contributed by atoms with Crippen molar-refractivity contribution in [1.82, 2.24) is 4.90 Å². The number of amides is 2. The van der Waals surface area contributed by atoms with Crippen molar-refractivity contribution in [3.63, 3.8) is 0 Å². The summed E-state index contributed by atoms with van der Waals surface area (Å²) in [5, 5.41) is 3.64. The maximum atomic E-state index is 12.4. The molecule has 0 aromatic carbocycles. The van der Waals surface area contributed by atoms with Crippen molar-refractivity contribution in [3.05, 3.63) is 16.0 Å². The van der Waals surface area contributed by atoms with E-state index in [1.165, 1.54) is 30.2 Å². The van der Waals surface area contributed by atoms with Gasteiger partial charge in [0, 0.05) is 17.8 Å². The van der Waals surface area contributed by atoms with E-state index < -0.39 is 11.2 Å². The van der Waals surface area contributed by atoms with Crippen molar-refractivity contribution in [1.29, 1.82) is 0 Å². The average molecular weight is 379 g/mol. The summed E-state index contributed by atoms with van der Waals surface area (Å²) < 4.78 is 4.88. The summed E-state index contributed by atoms with van der Waals surface area (Å²) in [7, 11) is 1.34. The van der Waals surface area contributed by atoms with Gasteiger partial charge in [0.2, 0.25) is 11.8 Å². The average Bonchev–Trinajstić information content (AvgIpc) is 3.31. The largest absolute Gasteiger partial charge is 0.465 e. The predicted molar refractivity (Wildman–Crippen MR) is 96.3 cm³/mol. The molecule has 1 atom stereocenters. The van der Waals surface area contributed by atoms with Crippen LogP contribution in [0.2, 0.25) is 0 Å². The van der Waals surface area contributed by atoms with Crippen LogP contribution < -0.4 is 5.32 Å². The summed E-state index contributed by atoms with van der Waals surface area (Å²) in [5.41, 5.74) is 1.47. The highest BCUT2D eigenvalue weighted by atomic mass is 32.2. The van der Waals surface area contributed by atoms with Gasteiger partial charge in [0.25, 0.3) is 0 Å². The van der Waals surface area contributed by atoms with Gasteiger partial charge in [0.15, 0.2) is 5.17 Å². The number of esters is 1. The van der Waals surface area contributed by atoms with Gasteiger partial charge in [-0.3, -0.25) is 19.5 Å². The number of rotatable bonds is 4. The number of ether oxygens (including phenoxy) is 1. The van der Waals surface area contributed by atoms with Crippen molar-refractivity contribution in [2.75, 3.05) is 25.5 Å². The Morgan fingerprint density at radius 3 is 3.00 bits per heavy atom. The Morgan fingerprint density at radius 1 is 1.40 bits per heavy atom. The van der Waals surface area contributed by atoms with Crippen LogP contribution in [0.15, 0.2) is 4.99 Å². The van der Waals surface area contributed by atoms with E-state index in [4.69, 9.17) is 4.74 Å². The highest BCUT2D eigenvalue weighted by Crippen LogP contribution is 2.40. The second kappa shape index (κ2) is 6.45. The molecular weight excluding hydrogens is 362 g/mol. The van der Waals surface area contributed by atoms with Gasteiger partial charge < -0.3 is 10.1 Å². The van der Waals surface area contributed by atoms with Gasteiger partial charge in [-0.2, -0.15) is 0 Å². The summed E-state index contributed by atoms with van der Waals surface area (Å²) in [6.45, 7) is 1.24. The molecule has 9 heteroatoms. The standard InChI is InChI=1S/C16H17N3O4S2/c1-23-15(22)12-8-3-2-4-9(8)24-13(12)18-11(20)7-10-14(21)19-6-5-17-16(19)25-10/h10H,2-7H2,1H3,(H,18,20)/t10-/m0/s1. The Hall–Kier alpha value is -1.87. The minimum atomic E-state index is -0.438. The minimum Gasteiger partial charge on any atom is -0.465 e. The van der Waals surface area contributed by atoms with Gasteiger partial charge in [-0.05, 0) is 24.8 Å². The van der Waals surface area contributed by atoms with Crippen LogP contribution in [0.1, 0.15) is 33.6 Å². The topological polar surface area (TPSA) is 88.1 Å². The summed E-state index contributed by atoms with van der Waals surface area (Å²) in [5.74, 6) is -0.744. The number of thiophene rings is 1. The first-order chi connectivity index (χ1) is 12.1. The normalized spacial score (nSPS) is 21.2. The van der Waals surface area contributed by atoms with Gasteiger partial charge in [-0.15, -0.1) is 11.3 Å². The molecular formula is C16H17N3O4S2. The SMILES string of the molecule is COC(=O)c1c(NC(=O)C[C@@H]2SC3=NCCN3C2=O)sc2c1CCC2. The zero-order chi connectivity index (χ0) is 17.6. The van der Waals surface area contributed by atoms with Crippen LogP contribution in [0.3, 0.4) is 0 Å². The Balaban J connectivity index is 1.48. The fraction of sp³-hybridized carbons (Fsp3) is 0.500. The smallest absolute Gasteiger partial charge is 0.341 e. The van der Waals surface area contributed by atoms with E-state index in [0.717, 1.165) is 29.7 Å². The molecule has 3 heterocycles. The van der Waals surface area contributed by atoms with Crippen LogP contribution in [-0.2, 0) is 27.2 Å². The van der Waals surface area contributed by atoms with E-state index in [1.54, 1.807) is 4.90 Å². The Bertz CT molecular complexity index is 802. The lowest BCUT2D eigenvalue weighted by Crippen LogP contribution is -2.32. The predicted octanol–water partition coefficient (Wildman–Crippen LogP) is 1.67. The van der Waals surface area contributed by atoms with Crippen molar-refractivity contribution >= 4 is 51.1 Å². The molecule has 4 rings (SSSR count). The molecule has 7 nitrogen and oxygen atoms in total. The zero-order valence-electron chi connectivity index (χ0n) is 13.7. The molecule has 0 saturated carbocycles. The third-order valence-electron chi connectivity index (χ3n) is 4.53. The van der Waals surface area contributed by atoms with Crippen LogP contribution in [0, 0.1) is 0 Å². The number of fused-ring (bicyclic) bond motifs is 2. The fourth-order valence-electron chi connectivity index (χ4n) is 3.37. The van der Waals surface area contributed by atoms with Crippen LogP contribution in [0.4, 0.5) is 5.00 Å². The Labute approximate surface area is 152 Å². The number of nitrogens with one attached hydrogen (secondary N) is 1. The molecule has 1 aromatic rings. The number of aliphatic imine (C=N–C) groups is 1. The summed E-state index contributed by atoms with van der Waals surface area (Å²) >= 11 is 2.78. The first kappa shape index (κ1) is 16.6. The Kier molecular flexibility index (Phi) is 4.28. The molecule has 1 aliphatic carbocycles. The lowest BCUT2D eigenvalue weighted by Gasteiger charge is -2.10. The fourth-order valence-corrected chi connectivity index (χ4v) is 5.85. The van der Waals surface area contributed by atoms with E-state index in [0.29, 0.717) is 28.8 Å². The van der Waals surface area contributed by atoms with E-state index in [1.807, 2.05) is 0 Å². The number of thioether (sulfide) groups is 1. The monoisotopic (exact) mass is 379 g/mol. The molecule has 2 amide bonds. The van der Waals surface area contributed by atoms with E-state index in [2.05, 4.69) is 10.3 Å². The van der Waals surface area contributed by atoms with Gasteiger partial charge >= 0.3 is 5.97 Å². The third kappa shape index (κ3) is 2.85. The number of anilines is 1. The number of amidine groups is 1. The van der Waals surface area contributed by atoms with E-state index >= 15 is 0 Å². The Morgan fingerprint density at radius 2 is 2.24 bits per heavy atom. The number of nitrogens with zero attached hydrogens (tertiary/aromatic N) is 2. The molecule has 2 aliphatic heterocycles. The highest BCUT2D eigenvalue weighted by Gasteiger charge is 2.41. The first-order valence-electron chi connectivity index (χ1n) is 8.13. The van der Waals surface area contributed by atoms with Gasteiger partial charge in [-0.1, -0.05) is 11.8 Å². The molecule has 1 saturated heterocycles. The van der Waals surface area contributed by atoms with Gasteiger partial charge in [-0.25, -0.2) is 4.79 Å². The van der Waals surface area contributed by atoms with E-state index in [9.17, 15) is 14.4 Å². The molecule has 25 heavy (non-hydrogen) atoms. The maximum Gasteiger partial charge on any atom is 0.341 e. The number of methoxy groups -OCH3 is 1. The molecule has 1 N–H and O–H groups in total. The van der Waals surface area contributed by atoms with Crippen molar-refractivity contribution in [3.8, 4) is 0 Å². The minimum absolute atomic E-state index is 0.0572. The molecule has 0 bridgehead atoms. The molecule has 3 aliphatic rings. The summed E-state index contributed by atoms with van der Waals surface area (Å²) in [4.78, 5) is 43.9. The molecule has 1 fully saturated rings. The van der Waals surface area contributed by atoms with Gasteiger partial charge in [0.05, 0.1) is 19.2 Å². The lowest BCUT2D eigenvalue weighted by molar-refractivity contribution is -0.127. The van der Waals surface area contributed by atoms with Crippen molar-refractivity contribution in [2.24, 2.45) is 4.99 Å². The number of hydrogen-bond acceptors (Lipinski definition) is 7. The number of hydrogen-bond donors (Lipinski definition) is 1. The van der Waals surface area contributed by atoms with E-state index in [-0.39, 0.29) is 18.2 Å². The number of carbonyl (C=O) groups is 3. The molecule has 0 unspecified atom stereocenters. The van der Waals surface area contributed by atoms with Crippen molar-refractivity contribution < 1.29 is 19.1 Å². The van der Waals surface area contributed by atoms with Crippen LogP contribution in [-0.4, -0.2) is 53.3 Å². The molecule has 1 aromatic heterocycles. The third-order valence-corrected chi connectivity index (χ3v) is 6.95. The zero-order valence-corrected chi connectivity index (χ0v) is 15.3. The maximum absolute atomic E-state index is 12.4. The summed E-state index contributed by atoms with van der Waals surface area (Å²) in [6.07, 6.45) is 2.84. The van der Waals surface area contributed by atoms with Crippen molar-refractivity contribution in [2.45, 2.75) is 30.9 Å². The first-order valence-corrected chi connectivity index (χ1v) is 9.83. The quantitative estimate of drug-likeness (QED) is 0.804. The highest BCUT2D eigenvalue weighted by molar-refractivity contribution is 8.15. The molecule has 0 radical (unpaired) electrons. The van der Waals surface area contributed by atoms with Crippen LogP contribution in [0.5, 0.6) is 0 Å². The second-order valence-electron chi connectivity index (χ2n) is 6.07. The summed E-state index contributed by atoms with van der Waals surface area (Å²) in [6, 6.07) is 0. The lowest BCUT2D eigenvalue weighted by atomic mass is 10.1.